The van der Waals surface area contributed by atoms with Gasteiger partial charge in [0.05, 0.1) is 12.6 Å². The van der Waals surface area contributed by atoms with Crippen molar-refractivity contribution in [3.05, 3.63) is 59.7 Å². The third-order valence-corrected chi connectivity index (χ3v) is 5.15. The normalized spacial score (nSPS) is 14.3. The molecule has 3 rings (SSSR count). The van der Waals surface area contributed by atoms with E-state index < -0.39 is 6.04 Å². The van der Waals surface area contributed by atoms with Gasteiger partial charge in [-0.05, 0) is 48.1 Å². The van der Waals surface area contributed by atoms with E-state index in [2.05, 4.69) is 5.32 Å². The Kier molecular flexibility index (Phi) is 6.88. The standard InChI is InChI=1S/C23H29N3O3/c1-16(2)22(24)23(28)25-14-21(27)26-12-6-9-18-13-19(10-11-20(18)26)29-15-17-7-4-3-5-8-17/h3-5,7-8,10-11,13,16,22H,6,9,12,14-15,24H2,1-2H3,(H,25,28)/t22-/m0/s1. The Balaban J connectivity index is 1.62. The van der Waals surface area contributed by atoms with E-state index in [0.29, 0.717) is 13.2 Å². The molecule has 6 nitrogen and oxygen atoms in total. The van der Waals surface area contributed by atoms with Crippen molar-refractivity contribution in [2.24, 2.45) is 11.7 Å². The molecule has 6 heteroatoms. The summed E-state index contributed by atoms with van der Waals surface area (Å²) >= 11 is 0. The maximum atomic E-state index is 12.7. The van der Waals surface area contributed by atoms with Gasteiger partial charge in [-0.1, -0.05) is 44.2 Å². The number of nitrogens with two attached hydrogens (primary N) is 1. The molecule has 0 fully saturated rings. The summed E-state index contributed by atoms with van der Waals surface area (Å²) in [7, 11) is 0. The molecule has 1 atom stereocenters. The van der Waals surface area contributed by atoms with Crippen LogP contribution in [0.3, 0.4) is 0 Å². The Bertz CT molecular complexity index is 852. The number of fused-ring (bicyclic) bond motifs is 1. The molecule has 2 aromatic carbocycles. The van der Waals surface area contributed by atoms with Gasteiger partial charge in [0, 0.05) is 12.2 Å². The smallest absolute Gasteiger partial charge is 0.246 e. The number of ether oxygens (including phenoxy) is 1. The lowest BCUT2D eigenvalue weighted by atomic mass is 10.0. The minimum atomic E-state index is -0.610. The Morgan fingerprint density at radius 1 is 1.17 bits per heavy atom. The highest BCUT2D eigenvalue weighted by molar-refractivity contribution is 5.98. The number of hydrogen-bond donors (Lipinski definition) is 2. The minimum absolute atomic E-state index is 0.0233. The molecule has 2 aromatic rings. The van der Waals surface area contributed by atoms with Gasteiger partial charge in [0.1, 0.15) is 12.4 Å². The number of amides is 2. The van der Waals surface area contributed by atoms with Crippen molar-refractivity contribution in [2.45, 2.75) is 39.3 Å². The van der Waals surface area contributed by atoms with Crippen LogP contribution in [0, 0.1) is 5.92 Å². The summed E-state index contributed by atoms with van der Waals surface area (Å²) in [6, 6.07) is 15.2. The SMILES string of the molecule is CC(C)[C@H](N)C(=O)NCC(=O)N1CCCc2cc(OCc3ccccc3)ccc21. The van der Waals surface area contributed by atoms with Crippen LogP contribution in [0.25, 0.3) is 0 Å². The molecule has 0 aromatic heterocycles. The highest BCUT2D eigenvalue weighted by atomic mass is 16.5. The van der Waals surface area contributed by atoms with Crippen LogP contribution in [0.5, 0.6) is 5.75 Å². The van der Waals surface area contributed by atoms with Gasteiger partial charge in [-0.15, -0.1) is 0 Å². The van der Waals surface area contributed by atoms with Crippen molar-refractivity contribution in [3.63, 3.8) is 0 Å². The summed E-state index contributed by atoms with van der Waals surface area (Å²) in [4.78, 5) is 26.5. The van der Waals surface area contributed by atoms with Crippen LogP contribution < -0.4 is 20.7 Å². The molecule has 0 bridgehead atoms. The molecule has 0 radical (unpaired) electrons. The minimum Gasteiger partial charge on any atom is -0.489 e. The molecule has 29 heavy (non-hydrogen) atoms. The van der Waals surface area contributed by atoms with Gasteiger partial charge >= 0.3 is 0 Å². The fraction of sp³-hybridized carbons (Fsp3) is 0.391. The third kappa shape index (κ3) is 5.35. The Morgan fingerprint density at radius 2 is 1.93 bits per heavy atom. The Morgan fingerprint density at radius 3 is 2.66 bits per heavy atom. The molecule has 3 N–H and O–H groups in total. The van der Waals surface area contributed by atoms with Crippen molar-refractivity contribution >= 4 is 17.5 Å². The summed E-state index contributed by atoms with van der Waals surface area (Å²) in [6.07, 6.45) is 1.77. The molecule has 0 saturated heterocycles. The average Bonchev–Trinajstić information content (AvgIpc) is 2.75. The fourth-order valence-corrected chi connectivity index (χ4v) is 3.34. The molecule has 1 heterocycles. The van der Waals surface area contributed by atoms with Crippen LogP contribution >= 0.6 is 0 Å². The summed E-state index contributed by atoms with van der Waals surface area (Å²) in [6.45, 7) is 4.85. The van der Waals surface area contributed by atoms with Gasteiger partial charge in [0.15, 0.2) is 0 Å². The predicted molar refractivity (Wildman–Crippen MR) is 114 cm³/mol. The number of anilines is 1. The lowest BCUT2D eigenvalue weighted by molar-refractivity contribution is -0.126. The van der Waals surface area contributed by atoms with Crippen molar-refractivity contribution in [1.82, 2.24) is 5.32 Å². The van der Waals surface area contributed by atoms with Gasteiger partial charge in [0.25, 0.3) is 0 Å². The van der Waals surface area contributed by atoms with Crippen LogP contribution in [-0.4, -0.2) is 30.9 Å². The first-order valence-electron chi connectivity index (χ1n) is 10.1. The fourth-order valence-electron chi connectivity index (χ4n) is 3.34. The van der Waals surface area contributed by atoms with E-state index in [9.17, 15) is 9.59 Å². The number of hydrogen-bond acceptors (Lipinski definition) is 4. The zero-order valence-electron chi connectivity index (χ0n) is 17.1. The van der Waals surface area contributed by atoms with Crippen LogP contribution in [0.1, 0.15) is 31.4 Å². The second kappa shape index (κ2) is 9.56. The summed E-state index contributed by atoms with van der Waals surface area (Å²) in [5, 5.41) is 2.66. The van der Waals surface area contributed by atoms with E-state index >= 15 is 0 Å². The monoisotopic (exact) mass is 395 g/mol. The van der Waals surface area contributed by atoms with Crippen molar-refractivity contribution in [1.29, 1.82) is 0 Å². The number of carbonyl (C=O) groups excluding carboxylic acids is 2. The molecular formula is C23H29N3O3. The van der Waals surface area contributed by atoms with Gasteiger partial charge in [-0.25, -0.2) is 0 Å². The topological polar surface area (TPSA) is 84.7 Å². The van der Waals surface area contributed by atoms with E-state index in [0.717, 1.165) is 35.4 Å². The van der Waals surface area contributed by atoms with E-state index in [-0.39, 0.29) is 24.3 Å². The summed E-state index contributed by atoms with van der Waals surface area (Å²) < 4.78 is 5.91. The van der Waals surface area contributed by atoms with E-state index in [4.69, 9.17) is 10.5 Å². The molecular weight excluding hydrogens is 366 g/mol. The maximum absolute atomic E-state index is 12.7. The molecule has 154 valence electrons. The van der Waals surface area contributed by atoms with Crippen molar-refractivity contribution < 1.29 is 14.3 Å². The van der Waals surface area contributed by atoms with Gasteiger partial charge in [-0.3, -0.25) is 9.59 Å². The van der Waals surface area contributed by atoms with Crippen LogP contribution in [0.15, 0.2) is 48.5 Å². The van der Waals surface area contributed by atoms with Crippen LogP contribution in [0.4, 0.5) is 5.69 Å². The maximum Gasteiger partial charge on any atom is 0.246 e. The molecule has 2 amide bonds. The van der Waals surface area contributed by atoms with Crippen LogP contribution in [0.2, 0.25) is 0 Å². The number of rotatable bonds is 7. The zero-order valence-corrected chi connectivity index (χ0v) is 17.1. The van der Waals surface area contributed by atoms with Gasteiger partial charge < -0.3 is 20.7 Å². The number of nitrogens with zero attached hydrogens (tertiary/aromatic N) is 1. The number of aryl methyl sites for hydroxylation is 1. The van der Waals surface area contributed by atoms with Crippen LogP contribution in [-0.2, 0) is 22.6 Å². The first-order chi connectivity index (χ1) is 14.0. The van der Waals surface area contributed by atoms with Crippen molar-refractivity contribution in [2.75, 3.05) is 18.0 Å². The third-order valence-electron chi connectivity index (χ3n) is 5.15. The quantitative estimate of drug-likeness (QED) is 0.755. The van der Waals surface area contributed by atoms with Crippen molar-refractivity contribution in [3.8, 4) is 5.75 Å². The largest absolute Gasteiger partial charge is 0.489 e. The van der Waals surface area contributed by atoms with E-state index in [1.165, 1.54) is 0 Å². The van der Waals surface area contributed by atoms with E-state index in [1.54, 1.807) is 4.90 Å². The molecule has 0 unspecified atom stereocenters. The first kappa shape index (κ1) is 20.9. The Labute approximate surface area is 172 Å². The van der Waals surface area contributed by atoms with Gasteiger partial charge in [-0.2, -0.15) is 0 Å². The van der Waals surface area contributed by atoms with E-state index in [1.807, 2.05) is 62.4 Å². The second-order valence-corrected chi connectivity index (χ2v) is 7.70. The number of benzene rings is 2. The number of carbonyl (C=O) groups is 2. The van der Waals surface area contributed by atoms with Gasteiger partial charge in [0.2, 0.25) is 11.8 Å². The predicted octanol–water partition coefficient (Wildman–Crippen LogP) is 2.64. The highest BCUT2D eigenvalue weighted by Crippen LogP contribution is 2.31. The lowest BCUT2D eigenvalue weighted by Gasteiger charge is -2.30. The Hall–Kier alpha value is -2.86. The lowest BCUT2D eigenvalue weighted by Crippen LogP contribution is -2.48. The second-order valence-electron chi connectivity index (χ2n) is 7.70. The molecule has 1 aliphatic heterocycles. The number of nitrogens with one attached hydrogen (secondary N) is 1. The first-order valence-corrected chi connectivity index (χ1v) is 10.1. The highest BCUT2D eigenvalue weighted by Gasteiger charge is 2.24. The molecule has 0 aliphatic carbocycles. The molecule has 1 aliphatic rings. The molecule has 0 spiro atoms. The summed E-state index contributed by atoms with van der Waals surface area (Å²) in [5.41, 5.74) is 8.91. The zero-order chi connectivity index (χ0) is 20.8. The average molecular weight is 396 g/mol. The summed E-state index contributed by atoms with van der Waals surface area (Å²) in [5.74, 6) is 0.386. The molecule has 0 saturated carbocycles.